The van der Waals surface area contributed by atoms with Crippen molar-refractivity contribution in [3.05, 3.63) is 0 Å². The molecule has 108 valence electrons. The van der Waals surface area contributed by atoms with Crippen LogP contribution in [0.4, 0.5) is 0 Å². The number of nitrogens with one attached hydrogen (secondary N) is 1. The molecule has 1 saturated carbocycles. The predicted octanol–water partition coefficient (Wildman–Crippen LogP) is 3.52. The third-order valence-corrected chi connectivity index (χ3v) is 4.56. The van der Waals surface area contributed by atoms with Crippen molar-refractivity contribution in [3.63, 3.8) is 0 Å². The Hall–Kier alpha value is -0.0800. The number of hydrogen-bond donors (Lipinski definition) is 1. The molecular weight excluding hydrogens is 220 g/mol. The van der Waals surface area contributed by atoms with Crippen LogP contribution in [0.5, 0.6) is 0 Å². The van der Waals surface area contributed by atoms with Crippen molar-refractivity contribution >= 4 is 0 Å². The van der Waals surface area contributed by atoms with Crippen molar-refractivity contribution in [2.45, 2.75) is 66.3 Å². The fraction of sp³-hybridized carbons (Fsp3) is 1.00. The van der Waals surface area contributed by atoms with Crippen LogP contribution in [0.3, 0.4) is 0 Å². The molecule has 0 bridgehead atoms. The standard InChI is InChI=1S/C16H34N2/c1-6-16(7-2,12-17-11-14(4)5)13-18(8-3)15-9-10-15/h14-15,17H,6-13H2,1-5H3. The zero-order valence-electron chi connectivity index (χ0n) is 13.3. The average Bonchev–Trinajstić information content (AvgIpc) is 3.18. The van der Waals surface area contributed by atoms with Gasteiger partial charge < -0.3 is 10.2 Å². The van der Waals surface area contributed by atoms with Gasteiger partial charge in [0.1, 0.15) is 0 Å². The Labute approximate surface area is 115 Å². The van der Waals surface area contributed by atoms with Gasteiger partial charge in [0.25, 0.3) is 0 Å². The minimum atomic E-state index is 0.480. The lowest BCUT2D eigenvalue weighted by molar-refractivity contribution is 0.132. The Morgan fingerprint density at radius 2 is 1.78 bits per heavy atom. The number of hydrogen-bond acceptors (Lipinski definition) is 2. The molecule has 0 aliphatic heterocycles. The maximum absolute atomic E-state index is 3.69. The molecule has 0 radical (unpaired) electrons. The van der Waals surface area contributed by atoms with Gasteiger partial charge in [-0.2, -0.15) is 0 Å². The molecule has 1 N–H and O–H groups in total. The summed E-state index contributed by atoms with van der Waals surface area (Å²) in [6.45, 7) is 16.4. The predicted molar refractivity (Wildman–Crippen MR) is 81.0 cm³/mol. The van der Waals surface area contributed by atoms with E-state index in [2.05, 4.69) is 44.8 Å². The van der Waals surface area contributed by atoms with Crippen molar-refractivity contribution in [2.24, 2.45) is 11.3 Å². The van der Waals surface area contributed by atoms with Gasteiger partial charge in [-0.25, -0.2) is 0 Å². The molecule has 0 unspecified atom stereocenters. The fourth-order valence-corrected chi connectivity index (χ4v) is 2.78. The van der Waals surface area contributed by atoms with Gasteiger partial charge in [-0.15, -0.1) is 0 Å². The van der Waals surface area contributed by atoms with Crippen LogP contribution < -0.4 is 5.32 Å². The normalized spacial score (nSPS) is 16.8. The molecule has 0 aromatic rings. The molecule has 0 heterocycles. The van der Waals surface area contributed by atoms with E-state index >= 15 is 0 Å². The maximum atomic E-state index is 3.69. The molecule has 18 heavy (non-hydrogen) atoms. The summed E-state index contributed by atoms with van der Waals surface area (Å²) >= 11 is 0. The molecule has 1 aliphatic carbocycles. The van der Waals surface area contributed by atoms with Crippen LogP contribution in [0.15, 0.2) is 0 Å². The van der Waals surface area contributed by atoms with Crippen LogP contribution in [-0.2, 0) is 0 Å². The average molecular weight is 254 g/mol. The van der Waals surface area contributed by atoms with E-state index < -0.39 is 0 Å². The van der Waals surface area contributed by atoms with Gasteiger partial charge in [0.2, 0.25) is 0 Å². The molecule has 0 spiro atoms. The van der Waals surface area contributed by atoms with E-state index in [0.29, 0.717) is 5.41 Å². The second kappa shape index (κ2) is 7.49. The van der Waals surface area contributed by atoms with E-state index in [1.807, 2.05) is 0 Å². The Bertz CT molecular complexity index is 217. The largest absolute Gasteiger partial charge is 0.316 e. The summed E-state index contributed by atoms with van der Waals surface area (Å²) in [4.78, 5) is 2.71. The highest BCUT2D eigenvalue weighted by atomic mass is 15.2. The van der Waals surface area contributed by atoms with E-state index in [1.54, 1.807) is 0 Å². The van der Waals surface area contributed by atoms with Crippen LogP contribution in [0, 0.1) is 11.3 Å². The zero-order chi connectivity index (χ0) is 13.6. The van der Waals surface area contributed by atoms with Gasteiger partial charge in [0, 0.05) is 19.1 Å². The first-order valence-electron chi connectivity index (χ1n) is 8.01. The van der Waals surface area contributed by atoms with Gasteiger partial charge in [-0.3, -0.25) is 0 Å². The first-order valence-corrected chi connectivity index (χ1v) is 8.01. The van der Waals surface area contributed by atoms with Gasteiger partial charge in [-0.05, 0) is 50.1 Å². The van der Waals surface area contributed by atoms with Crippen molar-refractivity contribution in [3.8, 4) is 0 Å². The summed E-state index contributed by atoms with van der Waals surface area (Å²) in [5, 5.41) is 3.69. The van der Waals surface area contributed by atoms with Crippen LogP contribution in [0.1, 0.15) is 60.3 Å². The summed E-state index contributed by atoms with van der Waals surface area (Å²) in [6.07, 6.45) is 5.43. The highest BCUT2D eigenvalue weighted by Gasteiger charge is 2.34. The van der Waals surface area contributed by atoms with Gasteiger partial charge >= 0.3 is 0 Å². The van der Waals surface area contributed by atoms with Crippen LogP contribution >= 0.6 is 0 Å². The molecule has 0 saturated heterocycles. The molecule has 0 amide bonds. The minimum Gasteiger partial charge on any atom is -0.316 e. The third kappa shape index (κ3) is 4.89. The van der Waals surface area contributed by atoms with Crippen molar-refractivity contribution < 1.29 is 0 Å². The molecule has 0 atom stereocenters. The third-order valence-electron chi connectivity index (χ3n) is 4.56. The lowest BCUT2D eigenvalue weighted by Crippen LogP contribution is -2.45. The van der Waals surface area contributed by atoms with Crippen LogP contribution in [0.25, 0.3) is 0 Å². The molecule has 0 aromatic carbocycles. The second-order valence-electron chi connectivity index (χ2n) is 6.53. The monoisotopic (exact) mass is 254 g/mol. The molecule has 1 rings (SSSR count). The molecule has 1 fully saturated rings. The lowest BCUT2D eigenvalue weighted by Gasteiger charge is -2.37. The Morgan fingerprint density at radius 1 is 1.17 bits per heavy atom. The van der Waals surface area contributed by atoms with E-state index in [-0.39, 0.29) is 0 Å². The lowest BCUT2D eigenvalue weighted by atomic mass is 9.81. The second-order valence-corrected chi connectivity index (χ2v) is 6.53. The smallest absolute Gasteiger partial charge is 0.00965 e. The van der Waals surface area contributed by atoms with Gasteiger partial charge in [0.05, 0.1) is 0 Å². The fourth-order valence-electron chi connectivity index (χ4n) is 2.78. The summed E-state index contributed by atoms with van der Waals surface area (Å²) in [6, 6.07) is 0.901. The van der Waals surface area contributed by atoms with E-state index in [1.165, 1.54) is 45.3 Å². The highest BCUT2D eigenvalue weighted by Crippen LogP contribution is 2.33. The first-order chi connectivity index (χ1) is 8.56. The topological polar surface area (TPSA) is 15.3 Å². The Kier molecular flexibility index (Phi) is 6.65. The SMILES string of the molecule is CCN(CC(CC)(CC)CNCC(C)C)C1CC1. The molecule has 2 heteroatoms. The molecular formula is C16H34N2. The van der Waals surface area contributed by atoms with Gasteiger partial charge in [-0.1, -0.05) is 34.6 Å². The Balaban J connectivity index is 2.48. The summed E-state index contributed by atoms with van der Waals surface area (Å²) in [7, 11) is 0. The van der Waals surface area contributed by atoms with Crippen molar-refractivity contribution in [1.82, 2.24) is 10.2 Å². The van der Waals surface area contributed by atoms with E-state index in [0.717, 1.165) is 18.5 Å². The van der Waals surface area contributed by atoms with E-state index in [4.69, 9.17) is 0 Å². The number of nitrogens with zero attached hydrogens (tertiary/aromatic N) is 1. The summed E-state index contributed by atoms with van der Waals surface area (Å²) < 4.78 is 0. The maximum Gasteiger partial charge on any atom is 0.00965 e. The quantitative estimate of drug-likeness (QED) is 0.641. The highest BCUT2D eigenvalue weighted by molar-refractivity contribution is 4.90. The van der Waals surface area contributed by atoms with E-state index in [9.17, 15) is 0 Å². The van der Waals surface area contributed by atoms with Gasteiger partial charge in [0.15, 0.2) is 0 Å². The Morgan fingerprint density at radius 3 is 2.17 bits per heavy atom. The van der Waals surface area contributed by atoms with Crippen molar-refractivity contribution in [2.75, 3.05) is 26.2 Å². The summed E-state index contributed by atoms with van der Waals surface area (Å²) in [5.74, 6) is 0.752. The minimum absolute atomic E-state index is 0.480. The van der Waals surface area contributed by atoms with Crippen molar-refractivity contribution in [1.29, 1.82) is 0 Å². The number of rotatable bonds is 10. The molecule has 1 aliphatic rings. The molecule has 0 aromatic heterocycles. The zero-order valence-corrected chi connectivity index (χ0v) is 13.3. The van der Waals surface area contributed by atoms with Crippen LogP contribution in [0.2, 0.25) is 0 Å². The summed E-state index contributed by atoms with van der Waals surface area (Å²) in [5.41, 5.74) is 0.480. The first kappa shape index (κ1) is 16.0. The van der Waals surface area contributed by atoms with Crippen LogP contribution in [-0.4, -0.2) is 37.1 Å². The molecule has 2 nitrogen and oxygen atoms in total.